The molecule has 0 bridgehead atoms. The summed E-state index contributed by atoms with van der Waals surface area (Å²) < 4.78 is 15.5. The molecule has 1 aromatic rings. The minimum absolute atomic E-state index is 0.00557. The van der Waals surface area contributed by atoms with Gasteiger partial charge in [0.05, 0.1) is 22.7 Å². The Balaban J connectivity index is 1.73. The van der Waals surface area contributed by atoms with Crippen molar-refractivity contribution in [1.82, 2.24) is 15.0 Å². The first-order valence-electron chi connectivity index (χ1n) is 6.78. The normalized spacial score (nSPS) is 28.4. The summed E-state index contributed by atoms with van der Waals surface area (Å²) in [6.45, 7) is 2.40. The van der Waals surface area contributed by atoms with E-state index < -0.39 is 0 Å². The van der Waals surface area contributed by atoms with E-state index in [9.17, 15) is 0 Å². The van der Waals surface area contributed by atoms with E-state index in [4.69, 9.17) is 15.3 Å². The first-order valence-corrected chi connectivity index (χ1v) is 7.55. The highest BCUT2D eigenvalue weighted by Gasteiger charge is 2.41. The standard InChI is InChI=1S/C12H20N4O2S/c13-15-11(10-8-14-16-19-10)9-1-4-18-12(7-9)2-5-17-6-3-12/h8-9,11,15H,1-7,13H2. The Morgan fingerprint density at radius 3 is 2.95 bits per heavy atom. The Hall–Kier alpha value is -0.600. The number of hydrogen-bond donors (Lipinski definition) is 2. The lowest BCUT2D eigenvalue weighted by molar-refractivity contribution is -0.150. The van der Waals surface area contributed by atoms with Crippen molar-refractivity contribution in [2.24, 2.45) is 11.8 Å². The highest BCUT2D eigenvalue weighted by atomic mass is 32.1. The fourth-order valence-electron chi connectivity index (χ4n) is 3.20. The van der Waals surface area contributed by atoms with Crippen LogP contribution in [0.15, 0.2) is 6.20 Å². The van der Waals surface area contributed by atoms with Crippen LogP contribution in [0.3, 0.4) is 0 Å². The average molecular weight is 284 g/mol. The molecule has 6 nitrogen and oxygen atoms in total. The monoisotopic (exact) mass is 284 g/mol. The summed E-state index contributed by atoms with van der Waals surface area (Å²) in [7, 11) is 0. The van der Waals surface area contributed by atoms with E-state index in [1.54, 1.807) is 6.20 Å². The molecule has 19 heavy (non-hydrogen) atoms. The van der Waals surface area contributed by atoms with E-state index >= 15 is 0 Å². The first-order chi connectivity index (χ1) is 9.33. The first kappa shape index (κ1) is 13.4. The quantitative estimate of drug-likeness (QED) is 0.637. The van der Waals surface area contributed by atoms with Crippen LogP contribution in [0.2, 0.25) is 0 Å². The van der Waals surface area contributed by atoms with Crippen LogP contribution in [0.1, 0.15) is 36.6 Å². The van der Waals surface area contributed by atoms with Gasteiger partial charge < -0.3 is 9.47 Å². The summed E-state index contributed by atoms with van der Waals surface area (Å²) in [5.41, 5.74) is 2.93. The number of ether oxygens (including phenoxy) is 2. The molecule has 2 unspecified atom stereocenters. The van der Waals surface area contributed by atoms with Crippen molar-refractivity contribution in [3.8, 4) is 0 Å². The molecule has 0 aliphatic carbocycles. The van der Waals surface area contributed by atoms with Gasteiger partial charge in [-0.3, -0.25) is 11.3 Å². The van der Waals surface area contributed by atoms with Crippen molar-refractivity contribution in [1.29, 1.82) is 0 Å². The van der Waals surface area contributed by atoms with E-state index in [-0.39, 0.29) is 11.6 Å². The van der Waals surface area contributed by atoms with Crippen molar-refractivity contribution in [2.75, 3.05) is 19.8 Å². The van der Waals surface area contributed by atoms with Crippen LogP contribution in [0.4, 0.5) is 0 Å². The molecule has 0 amide bonds. The van der Waals surface area contributed by atoms with Gasteiger partial charge in [0.15, 0.2) is 0 Å². The molecule has 3 rings (SSSR count). The van der Waals surface area contributed by atoms with Gasteiger partial charge >= 0.3 is 0 Å². The second kappa shape index (κ2) is 5.80. The summed E-state index contributed by atoms with van der Waals surface area (Å²) in [4.78, 5) is 1.11. The van der Waals surface area contributed by atoms with Gasteiger partial charge in [-0.05, 0) is 43.1 Å². The maximum Gasteiger partial charge on any atom is 0.0729 e. The molecule has 2 atom stereocenters. The largest absolute Gasteiger partial charge is 0.381 e. The minimum Gasteiger partial charge on any atom is -0.381 e. The number of nitrogens with one attached hydrogen (secondary N) is 1. The average Bonchev–Trinajstić information content (AvgIpc) is 2.95. The van der Waals surface area contributed by atoms with Gasteiger partial charge in [-0.25, -0.2) is 0 Å². The highest BCUT2D eigenvalue weighted by Crippen LogP contribution is 2.41. The van der Waals surface area contributed by atoms with Crippen LogP contribution >= 0.6 is 11.5 Å². The third kappa shape index (κ3) is 2.80. The fourth-order valence-corrected chi connectivity index (χ4v) is 3.86. The minimum atomic E-state index is -0.00557. The van der Waals surface area contributed by atoms with Gasteiger partial charge in [0, 0.05) is 19.8 Å². The van der Waals surface area contributed by atoms with Crippen molar-refractivity contribution in [3.05, 3.63) is 11.1 Å². The third-order valence-corrected chi connectivity index (χ3v) is 5.02. The summed E-state index contributed by atoms with van der Waals surface area (Å²) in [6, 6.07) is 0.128. The Morgan fingerprint density at radius 2 is 2.26 bits per heavy atom. The van der Waals surface area contributed by atoms with Gasteiger partial charge in [0.2, 0.25) is 0 Å². The predicted molar refractivity (Wildman–Crippen MR) is 71.4 cm³/mol. The number of hydrogen-bond acceptors (Lipinski definition) is 7. The Bertz CT molecular complexity index is 389. The molecule has 2 fully saturated rings. The van der Waals surface area contributed by atoms with Crippen molar-refractivity contribution >= 4 is 11.5 Å². The number of nitrogens with zero attached hydrogens (tertiary/aromatic N) is 2. The molecular formula is C12H20N4O2S. The Kier molecular flexibility index (Phi) is 4.09. The molecule has 2 aliphatic heterocycles. The zero-order valence-electron chi connectivity index (χ0n) is 10.9. The van der Waals surface area contributed by atoms with Gasteiger partial charge in [-0.2, -0.15) is 0 Å². The lowest BCUT2D eigenvalue weighted by atomic mass is 9.77. The second-order valence-corrected chi connectivity index (χ2v) is 6.18. The smallest absolute Gasteiger partial charge is 0.0729 e. The number of aromatic nitrogens is 2. The highest BCUT2D eigenvalue weighted by molar-refractivity contribution is 7.05. The number of hydrazine groups is 1. The molecule has 2 aliphatic rings. The lowest BCUT2D eigenvalue weighted by Gasteiger charge is -2.45. The summed E-state index contributed by atoms with van der Waals surface area (Å²) in [5.74, 6) is 6.22. The van der Waals surface area contributed by atoms with Crippen molar-refractivity contribution in [2.45, 2.75) is 37.3 Å². The van der Waals surface area contributed by atoms with E-state index in [0.717, 1.165) is 50.4 Å². The van der Waals surface area contributed by atoms with Crippen LogP contribution in [-0.4, -0.2) is 35.0 Å². The van der Waals surface area contributed by atoms with E-state index in [1.165, 1.54) is 11.5 Å². The van der Waals surface area contributed by atoms with Crippen LogP contribution < -0.4 is 11.3 Å². The van der Waals surface area contributed by atoms with Crippen LogP contribution in [0.5, 0.6) is 0 Å². The Labute approximate surface area is 116 Å². The van der Waals surface area contributed by atoms with Gasteiger partial charge in [0.25, 0.3) is 0 Å². The second-order valence-electron chi connectivity index (χ2n) is 5.36. The third-order valence-electron chi connectivity index (χ3n) is 4.27. The molecule has 1 aromatic heterocycles. The topological polar surface area (TPSA) is 82.3 Å². The van der Waals surface area contributed by atoms with E-state index in [0.29, 0.717) is 5.92 Å². The molecule has 0 aromatic carbocycles. The molecular weight excluding hydrogens is 264 g/mol. The van der Waals surface area contributed by atoms with Gasteiger partial charge in [0.1, 0.15) is 0 Å². The maximum atomic E-state index is 6.07. The molecule has 7 heteroatoms. The molecule has 0 radical (unpaired) electrons. The summed E-state index contributed by atoms with van der Waals surface area (Å²) in [5, 5.41) is 3.91. The molecule has 2 saturated heterocycles. The van der Waals surface area contributed by atoms with Gasteiger partial charge in [-0.1, -0.05) is 4.49 Å². The molecule has 106 valence electrons. The van der Waals surface area contributed by atoms with Crippen molar-refractivity contribution in [3.63, 3.8) is 0 Å². The summed E-state index contributed by atoms with van der Waals surface area (Å²) >= 11 is 1.42. The number of nitrogens with two attached hydrogens (primary N) is 1. The predicted octanol–water partition coefficient (Wildman–Crippen LogP) is 1.02. The zero-order valence-corrected chi connectivity index (χ0v) is 11.7. The van der Waals surface area contributed by atoms with E-state index in [2.05, 4.69) is 15.0 Å². The van der Waals surface area contributed by atoms with Crippen LogP contribution in [-0.2, 0) is 9.47 Å². The summed E-state index contributed by atoms with van der Waals surface area (Å²) in [6.07, 6.45) is 5.84. The van der Waals surface area contributed by atoms with Crippen LogP contribution in [0, 0.1) is 5.92 Å². The zero-order chi connectivity index (χ0) is 13.1. The molecule has 3 heterocycles. The Morgan fingerprint density at radius 1 is 1.42 bits per heavy atom. The molecule has 1 spiro atoms. The maximum absolute atomic E-state index is 6.07. The lowest BCUT2D eigenvalue weighted by Crippen LogP contribution is -2.47. The number of rotatable bonds is 3. The van der Waals surface area contributed by atoms with Gasteiger partial charge in [-0.15, -0.1) is 5.10 Å². The van der Waals surface area contributed by atoms with E-state index in [1.807, 2.05) is 0 Å². The molecule has 3 N–H and O–H groups in total. The van der Waals surface area contributed by atoms with Crippen molar-refractivity contribution < 1.29 is 9.47 Å². The molecule has 0 saturated carbocycles. The SMILES string of the molecule is NNC(c1cnns1)C1CCOC2(CCOCC2)C1. The fraction of sp³-hybridized carbons (Fsp3) is 0.833. The van der Waals surface area contributed by atoms with Crippen LogP contribution in [0.25, 0.3) is 0 Å².